The maximum atomic E-state index is 13.0. The number of imidazole rings is 1. The van der Waals surface area contributed by atoms with Crippen LogP contribution in [0, 0.1) is 5.92 Å². The second kappa shape index (κ2) is 7.34. The van der Waals surface area contributed by atoms with Gasteiger partial charge in [-0.3, -0.25) is 4.40 Å². The Morgan fingerprint density at radius 1 is 1.18 bits per heavy atom. The zero-order valence-electron chi connectivity index (χ0n) is 15.1. The summed E-state index contributed by atoms with van der Waals surface area (Å²) in [4.78, 5) is 18.6. The van der Waals surface area contributed by atoms with Crippen LogP contribution in [0.15, 0.2) is 30.9 Å². The first-order valence-corrected chi connectivity index (χ1v) is 9.14. The van der Waals surface area contributed by atoms with Crippen molar-refractivity contribution in [2.75, 3.05) is 24.5 Å². The van der Waals surface area contributed by atoms with Crippen molar-refractivity contribution in [1.82, 2.24) is 24.3 Å². The van der Waals surface area contributed by atoms with Crippen LogP contribution in [-0.4, -0.2) is 44.0 Å². The fourth-order valence-electron chi connectivity index (χ4n) is 3.59. The zero-order valence-corrected chi connectivity index (χ0v) is 15.1. The first kappa shape index (κ1) is 18.6. The van der Waals surface area contributed by atoms with Crippen LogP contribution in [0.3, 0.4) is 0 Å². The highest BCUT2D eigenvalue weighted by Crippen LogP contribution is 2.29. The monoisotopic (exact) mass is 391 g/mol. The predicted octanol–water partition coefficient (Wildman–Crippen LogP) is 2.77. The standard InChI is InChI=1S/C18H20F3N7/c19-18(20,21)14-11-28-13(8-25-16(28)9-24-14)17-23-6-4-15(26-17)27-7-1-2-12(10-27)3-5-22/h4,6,8-9,11-12H,1-3,5,7,10,22H2. The summed E-state index contributed by atoms with van der Waals surface area (Å²) in [6, 6.07) is 1.82. The van der Waals surface area contributed by atoms with E-state index < -0.39 is 11.9 Å². The quantitative estimate of drug-likeness (QED) is 0.736. The minimum absolute atomic E-state index is 0.304. The molecule has 0 radical (unpaired) electrons. The molecule has 1 aliphatic heterocycles. The minimum Gasteiger partial charge on any atom is -0.356 e. The Kier molecular flexibility index (Phi) is 4.88. The van der Waals surface area contributed by atoms with E-state index in [4.69, 9.17) is 5.73 Å². The third-order valence-corrected chi connectivity index (χ3v) is 4.97. The van der Waals surface area contributed by atoms with Gasteiger partial charge in [0.2, 0.25) is 0 Å². The molecule has 1 fully saturated rings. The molecule has 3 aromatic heterocycles. The van der Waals surface area contributed by atoms with E-state index in [2.05, 4.69) is 24.8 Å². The van der Waals surface area contributed by atoms with E-state index in [9.17, 15) is 13.2 Å². The van der Waals surface area contributed by atoms with Crippen molar-refractivity contribution in [1.29, 1.82) is 0 Å². The molecular weight excluding hydrogens is 371 g/mol. The molecule has 0 amide bonds. The molecule has 0 saturated carbocycles. The highest BCUT2D eigenvalue weighted by atomic mass is 19.4. The van der Waals surface area contributed by atoms with E-state index >= 15 is 0 Å². The van der Waals surface area contributed by atoms with Gasteiger partial charge in [0, 0.05) is 25.5 Å². The van der Waals surface area contributed by atoms with Crippen molar-refractivity contribution in [2.45, 2.75) is 25.4 Å². The van der Waals surface area contributed by atoms with E-state index in [-0.39, 0.29) is 0 Å². The van der Waals surface area contributed by atoms with Gasteiger partial charge in [-0.15, -0.1) is 0 Å². The summed E-state index contributed by atoms with van der Waals surface area (Å²) in [5, 5.41) is 0. The van der Waals surface area contributed by atoms with Gasteiger partial charge in [-0.1, -0.05) is 0 Å². The molecule has 1 unspecified atom stereocenters. The highest BCUT2D eigenvalue weighted by molar-refractivity contribution is 5.58. The molecule has 4 heterocycles. The van der Waals surface area contributed by atoms with Crippen LogP contribution >= 0.6 is 0 Å². The van der Waals surface area contributed by atoms with Crippen molar-refractivity contribution in [2.24, 2.45) is 11.7 Å². The Bertz CT molecular complexity index is 967. The van der Waals surface area contributed by atoms with Gasteiger partial charge in [-0.2, -0.15) is 13.2 Å². The summed E-state index contributed by atoms with van der Waals surface area (Å²) in [5.41, 5.74) is 5.39. The molecule has 0 aliphatic carbocycles. The number of hydrogen-bond donors (Lipinski definition) is 1. The van der Waals surface area contributed by atoms with Crippen molar-refractivity contribution in [3.05, 3.63) is 36.5 Å². The second-order valence-corrected chi connectivity index (χ2v) is 6.91. The van der Waals surface area contributed by atoms with Crippen LogP contribution in [0.1, 0.15) is 25.0 Å². The van der Waals surface area contributed by atoms with Gasteiger partial charge in [0.05, 0.1) is 12.4 Å². The molecule has 0 aromatic carbocycles. The molecule has 7 nitrogen and oxygen atoms in total. The topological polar surface area (TPSA) is 85.2 Å². The summed E-state index contributed by atoms with van der Waals surface area (Å²) in [6.45, 7) is 2.40. The smallest absolute Gasteiger partial charge is 0.356 e. The Morgan fingerprint density at radius 3 is 2.82 bits per heavy atom. The molecule has 2 N–H and O–H groups in total. The molecule has 0 spiro atoms. The first-order chi connectivity index (χ1) is 13.5. The van der Waals surface area contributed by atoms with E-state index in [0.717, 1.165) is 50.6 Å². The number of piperidine rings is 1. The number of anilines is 1. The normalized spacial score (nSPS) is 18.0. The SMILES string of the molecule is NCCC1CCCN(c2ccnc(-c3cnc4cnc(C(F)(F)F)cn34)n2)C1. The summed E-state index contributed by atoms with van der Waals surface area (Å²) < 4.78 is 40.4. The van der Waals surface area contributed by atoms with Gasteiger partial charge in [-0.25, -0.2) is 19.9 Å². The first-order valence-electron chi connectivity index (χ1n) is 9.14. The summed E-state index contributed by atoms with van der Waals surface area (Å²) in [7, 11) is 0. The van der Waals surface area contributed by atoms with Gasteiger partial charge in [0.1, 0.15) is 11.5 Å². The van der Waals surface area contributed by atoms with Gasteiger partial charge in [0.25, 0.3) is 0 Å². The van der Waals surface area contributed by atoms with Crippen LogP contribution in [-0.2, 0) is 6.18 Å². The minimum atomic E-state index is -4.54. The lowest BCUT2D eigenvalue weighted by molar-refractivity contribution is -0.141. The van der Waals surface area contributed by atoms with Gasteiger partial charge >= 0.3 is 6.18 Å². The number of hydrogen-bond acceptors (Lipinski definition) is 6. The molecule has 1 aliphatic rings. The summed E-state index contributed by atoms with van der Waals surface area (Å²) >= 11 is 0. The average Bonchev–Trinajstić information content (AvgIpc) is 3.11. The zero-order chi connectivity index (χ0) is 19.7. The number of rotatable bonds is 4. The third-order valence-electron chi connectivity index (χ3n) is 4.97. The molecule has 10 heteroatoms. The van der Waals surface area contributed by atoms with Crippen LogP contribution in [0.5, 0.6) is 0 Å². The number of fused-ring (bicyclic) bond motifs is 1. The molecule has 0 bridgehead atoms. The molecule has 28 heavy (non-hydrogen) atoms. The Balaban J connectivity index is 1.68. The molecule has 1 atom stereocenters. The molecule has 148 valence electrons. The van der Waals surface area contributed by atoms with E-state index in [1.807, 2.05) is 6.07 Å². The fourth-order valence-corrected chi connectivity index (χ4v) is 3.59. The fraction of sp³-hybridized carbons (Fsp3) is 0.444. The lowest BCUT2D eigenvalue weighted by atomic mass is 9.95. The number of aromatic nitrogens is 5. The molecule has 4 rings (SSSR count). The Hall–Kier alpha value is -2.75. The lowest BCUT2D eigenvalue weighted by Gasteiger charge is -2.33. The maximum Gasteiger partial charge on any atom is 0.434 e. The summed E-state index contributed by atoms with van der Waals surface area (Å²) in [5.74, 6) is 1.60. The van der Waals surface area contributed by atoms with Crippen LogP contribution in [0.2, 0.25) is 0 Å². The number of alkyl halides is 3. The summed E-state index contributed by atoms with van der Waals surface area (Å²) in [6.07, 6.45) is 3.73. The van der Waals surface area contributed by atoms with Crippen molar-refractivity contribution < 1.29 is 13.2 Å². The van der Waals surface area contributed by atoms with Crippen LogP contribution < -0.4 is 10.6 Å². The number of nitrogens with two attached hydrogens (primary N) is 1. The predicted molar refractivity (Wildman–Crippen MR) is 97.6 cm³/mol. The maximum absolute atomic E-state index is 13.0. The number of halogens is 3. The van der Waals surface area contributed by atoms with E-state index in [0.29, 0.717) is 29.6 Å². The van der Waals surface area contributed by atoms with Crippen molar-refractivity contribution in [3.8, 4) is 11.5 Å². The van der Waals surface area contributed by atoms with Gasteiger partial charge in [0.15, 0.2) is 17.2 Å². The molecule has 1 saturated heterocycles. The average molecular weight is 391 g/mol. The van der Waals surface area contributed by atoms with E-state index in [1.54, 1.807) is 6.20 Å². The Labute approximate surface area is 159 Å². The van der Waals surface area contributed by atoms with Crippen molar-refractivity contribution in [3.63, 3.8) is 0 Å². The largest absolute Gasteiger partial charge is 0.434 e. The number of nitrogens with zero attached hydrogens (tertiary/aromatic N) is 6. The molecular formula is C18H20F3N7. The lowest BCUT2D eigenvalue weighted by Crippen LogP contribution is -2.36. The van der Waals surface area contributed by atoms with Gasteiger partial charge in [-0.05, 0) is 37.8 Å². The highest BCUT2D eigenvalue weighted by Gasteiger charge is 2.33. The molecule has 3 aromatic rings. The van der Waals surface area contributed by atoms with Crippen LogP contribution in [0.4, 0.5) is 19.0 Å². The van der Waals surface area contributed by atoms with Crippen LogP contribution in [0.25, 0.3) is 17.2 Å². The second-order valence-electron chi connectivity index (χ2n) is 6.91. The van der Waals surface area contributed by atoms with Gasteiger partial charge < -0.3 is 10.6 Å². The van der Waals surface area contributed by atoms with Crippen molar-refractivity contribution >= 4 is 11.5 Å². The van der Waals surface area contributed by atoms with E-state index in [1.165, 1.54) is 10.6 Å². The third kappa shape index (κ3) is 3.64. The Morgan fingerprint density at radius 2 is 2.04 bits per heavy atom.